The number of nitrogens with zero attached hydrogens (tertiary/aromatic N) is 3. The summed E-state index contributed by atoms with van der Waals surface area (Å²) in [6, 6.07) is 11.6. The molecule has 0 aliphatic carbocycles. The first-order valence-electron chi connectivity index (χ1n) is 7.82. The van der Waals surface area contributed by atoms with Crippen LogP contribution in [0.1, 0.15) is 11.3 Å². The highest BCUT2D eigenvalue weighted by molar-refractivity contribution is 5.91. The molecule has 0 aliphatic rings. The molecule has 1 amide bonds. The quantitative estimate of drug-likeness (QED) is 0.602. The van der Waals surface area contributed by atoms with Crippen LogP contribution in [0.5, 0.6) is 0 Å². The van der Waals surface area contributed by atoms with Gasteiger partial charge in [0.1, 0.15) is 5.82 Å². The Morgan fingerprint density at radius 3 is 2.62 bits per heavy atom. The maximum atomic E-state index is 11.8. The van der Waals surface area contributed by atoms with E-state index in [2.05, 4.69) is 20.6 Å². The monoisotopic (exact) mass is 325 g/mol. The van der Waals surface area contributed by atoms with Gasteiger partial charge in [0, 0.05) is 45.0 Å². The number of hydrogen-bond donors (Lipinski definition) is 2. The summed E-state index contributed by atoms with van der Waals surface area (Å²) in [6.45, 7) is 2.98. The largest absolute Gasteiger partial charge is 0.363 e. The van der Waals surface area contributed by atoms with Gasteiger partial charge in [-0.25, -0.2) is 4.98 Å². The maximum absolute atomic E-state index is 11.8. The molecule has 0 saturated carbocycles. The first-order chi connectivity index (χ1) is 11.5. The lowest BCUT2D eigenvalue weighted by Crippen LogP contribution is -2.27. The molecule has 0 unspecified atom stereocenters. The topological polar surface area (TPSA) is 70.2 Å². The Labute approximate surface area is 142 Å². The average molecular weight is 325 g/mol. The number of rotatable bonds is 7. The fourth-order valence-corrected chi connectivity index (χ4v) is 2.02. The van der Waals surface area contributed by atoms with Crippen LogP contribution >= 0.6 is 0 Å². The van der Waals surface area contributed by atoms with E-state index in [1.165, 1.54) is 6.08 Å². The van der Waals surface area contributed by atoms with Crippen molar-refractivity contribution in [3.63, 3.8) is 0 Å². The first kappa shape index (κ1) is 17.5. The van der Waals surface area contributed by atoms with Gasteiger partial charge in [-0.05, 0) is 18.6 Å². The number of aromatic nitrogens is 2. The van der Waals surface area contributed by atoms with E-state index in [1.54, 1.807) is 6.08 Å². The van der Waals surface area contributed by atoms with E-state index in [9.17, 15) is 4.79 Å². The Morgan fingerprint density at radius 2 is 1.92 bits per heavy atom. The van der Waals surface area contributed by atoms with Crippen molar-refractivity contribution in [1.82, 2.24) is 15.3 Å². The Bertz CT molecular complexity index is 698. The number of anilines is 2. The lowest BCUT2D eigenvalue weighted by Gasteiger charge is -2.13. The van der Waals surface area contributed by atoms with E-state index < -0.39 is 0 Å². The SMILES string of the molecule is Cc1cc(N(C)C)nc(NCCNC(=O)/C=C/c2ccccc2)n1. The van der Waals surface area contributed by atoms with Gasteiger partial charge in [0.05, 0.1) is 0 Å². The third-order valence-electron chi connectivity index (χ3n) is 3.23. The van der Waals surface area contributed by atoms with Crippen LogP contribution in [0.2, 0.25) is 0 Å². The van der Waals surface area contributed by atoms with Crippen molar-refractivity contribution >= 4 is 23.7 Å². The van der Waals surface area contributed by atoms with E-state index in [0.717, 1.165) is 17.1 Å². The molecule has 0 spiro atoms. The van der Waals surface area contributed by atoms with Crippen molar-refractivity contribution in [3.8, 4) is 0 Å². The molecular formula is C18H23N5O. The van der Waals surface area contributed by atoms with Gasteiger partial charge in [0.2, 0.25) is 11.9 Å². The third kappa shape index (κ3) is 5.72. The Morgan fingerprint density at radius 1 is 1.17 bits per heavy atom. The minimum Gasteiger partial charge on any atom is -0.363 e. The van der Waals surface area contributed by atoms with Gasteiger partial charge < -0.3 is 15.5 Å². The Balaban J connectivity index is 1.76. The van der Waals surface area contributed by atoms with Crippen molar-refractivity contribution in [2.45, 2.75) is 6.92 Å². The van der Waals surface area contributed by atoms with Gasteiger partial charge >= 0.3 is 0 Å². The molecule has 0 atom stereocenters. The lowest BCUT2D eigenvalue weighted by molar-refractivity contribution is -0.116. The number of carbonyl (C=O) groups excluding carboxylic acids is 1. The maximum Gasteiger partial charge on any atom is 0.244 e. The van der Waals surface area contributed by atoms with Crippen LogP contribution in [0, 0.1) is 6.92 Å². The Kier molecular flexibility index (Phi) is 6.31. The fraction of sp³-hybridized carbons (Fsp3) is 0.278. The summed E-state index contributed by atoms with van der Waals surface area (Å²) >= 11 is 0. The van der Waals surface area contributed by atoms with Gasteiger partial charge in [-0.3, -0.25) is 4.79 Å². The molecule has 0 bridgehead atoms. The second-order valence-corrected chi connectivity index (χ2v) is 5.55. The number of nitrogens with one attached hydrogen (secondary N) is 2. The molecule has 6 heteroatoms. The number of carbonyl (C=O) groups is 1. The smallest absolute Gasteiger partial charge is 0.244 e. The summed E-state index contributed by atoms with van der Waals surface area (Å²) in [5, 5.41) is 5.94. The summed E-state index contributed by atoms with van der Waals surface area (Å²) in [5.41, 5.74) is 1.89. The molecule has 2 rings (SSSR count). The number of hydrogen-bond acceptors (Lipinski definition) is 5. The second kappa shape index (κ2) is 8.67. The highest BCUT2D eigenvalue weighted by Gasteiger charge is 2.03. The molecule has 1 aromatic carbocycles. The number of aryl methyl sites for hydroxylation is 1. The van der Waals surface area contributed by atoms with Gasteiger partial charge in [-0.1, -0.05) is 30.3 Å². The molecule has 0 fully saturated rings. The van der Waals surface area contributed by atoms with Crippen LogP contribution in [-0.4, -0.2) is 43.1 Å². The van der Waals surface area contributed by atoms with E-state index >= 15 is 0 Å². The van der Waals surface area contributed by atoms with Crippen molar-refractivity contribution in [2.75, 3.05) is 37.4 Å². The predicted molar refractivity (Wildman–Crippen MR) is 98.1 cm³/mol. The molecular weight excluding hydrogens is 302 g/mol. The molecule has 24 heavy (non-hydrogen) atoms. The van der Waals surface area contributed by atoms with Gasteiger partial charge in [0.15, 0.2) is 0 Å². The van der Waals surface area contributed by atoms with Gasteiger partial charge in [0.25, 0.3) is 0 Å². The van der Waals surface area contributed by atoms with Crippen molar-refractivity contribution in [3.05, 3.63) is 53.7 Å². The van der Waals surface area contributed by atoms with Crippen LogP contribution in [0.15, 0.2) is 42.5 Å². The molecule has 0 radical (unpaired) electrons. The Hall–Kier alpha value is -2.89. The molecule has 0 saturated heterocycles. The number of benzene rings is 1. The highest BCUT2D eigenvalue weighted by atomic mass is 16.1. The summed E-state index contributed by atoms with van der Waals surface area (Å²) in [7, 11) is 3.87. The minimum atomic E-state index is -0.125. The van der Waals surface area contributed by atoms with E-state index in [4.69, 9.17) is 0 Å². The zero-order chi connectivity index (χ0) is 17.4. The summed E-state index contributed by atoms with van der Waals surface area (Å²) in [5.74, 6) is 1.28. The van der Waals surface area contributed by atoms with Gasteiger partial charge in [-0.15, -0.1) is 0 Å². The van der Waals surface area contributed by atoms with Crippen LogP contribution in [-0.2, 0) is 4.79 Å². The van der Waals surface area contributed by atoms with Crippen LogP contribution in [0.4, 0.5) is 11.8 Å². The summed E-state index contributed by atoms with van der Waals surface area (Å²) in [4.78, 5) is 22.4. The van der Waals surface area contributed by atoms with Crippen molar-refractivity contribution in [1.29, 1.82) is 0 Å². The molecule has 1 heterocycles. The summed E-state index contributed by atoms with van der Waals surface area (Å²) < 4.78 is 0. The molecule has 2 aromatic rings. The second-order valence-electron chi connectivity index (χ2n) is 5.55. The molecule has 6 nitrogen and oxygen atoms in total. The zero-order valence-corrected chi connectivity index (χ0v) is 14.3. The van der Waals surface area contributed by atoms with E-state index in [0.29, 0.717) is 19.0 Å². The predicted octanol–water partition coefficient (Wildman–Crippen LogP) is 2.09. The normalized spacial score (nSPS) is 10.6. The van der Waals surface area contributed by atoms with Gasteiger partial charge in [-0.2, -0.15) is 4.98 Å². The molecule has 2 N–H and O–H groups in total. The van der Waals surface area contributed by atoms with Crippen molar-refractivity contribution in [2.24, 2.45) is 0 Å². The standard InChI is InChI=1S/C18H23N5O/c1-14-13-16(23(2)3)22-18(21-14)20-12-11-19-17(24)10-9-15-7-5-4-6-8-15/h4-10,13H,11-12H2,1-3H3,(H,19,24)(H,20,21,22)/b10-9+. The van der Waals surface area contributed by atoms with Crippen LogP contribution in [0.3, 0.4) is 0 Å². The van der Waals surface area contributed by atoms with Crippen LogP contribution in [0.25, 0.3) is 6.08 Å². The third-order valence-corrected chi connectivity index (χ3v) is 3.23. The molecule has 126 valence electrons. The van der Waals surface area contributed by atoms with Crippen LogP contribution < -0.4 is 15.5 Å². The molecule has 0 aliphatic heterocycles. The minimum absolute atomic E-state index is 0.125. The van der Waals surface area contributed by atoms with E-state index in [1.807, 2.05) is 62.3 Å². The lowest BCUT2D eigenvalue weighted by atomic mass is 10.2. The average Bonchev–Trinajstić information content (AvgIpc) is 2.57. The highest BCUT2D eigenvalue weighted by Crippen LogP contribution is 2.11. The molecule has 1 aromatic heterocycles. The number of amides is 1. The first-order valence-corrected chi connectivity index (χ1v) is 7.82. The van der Waals surface area contributed by atoms with E-state index in [-0.39, 0.29) is 5.91 Å². The van der Waals surface area contributed by atoms with Crippen molar-refractivity contribution < 1.29 is 4.79 Å². The fourth-order valence-electron chi connectivity index (χ4n) is 2.02. The zero-order valence-electron chi connectivity index (χ0n) is 14.3. The summed E-state index contributed by atoms with van der Waals surface area (Å²) in [6.07, 6.45) is 3.32.